The number of aryl methyl sites for hydroxylation is 2. The molecule has 0 aliphatic heterocycles. The number of methoxy groups -OCH3 is 1. The van der Waals surface area contributed by atoms with Crippen LogP contribution in [-0.2, 0) is 19.1 Å². The molecule has 0 heterocycles. The van der Waals surface area contributed by atoms with Gasteiger partial charge in [-0.25, -0.2) is 4.79 Å². The summed E-state index contributed by atoms with van der Waals surface area (Å²) >= 11 is 0. The summed E-state index contributed by atoms with van der Waals surface area (Å²) in [5, 5.41) is 5.49. The monoisotopic (exact) mass is 596 g/mol. The number of hydrogen-bond donors (Lipinski definition) is 3. The third-order valence-corrected chi connectivity index (χ3v) is 6.91. The Labute approximate surface area is 255 Å². The van der Waals surface area contributed by atoms with E-state index < -0.39 is 47.9 Å². The summed E-state index contributed by atoms with van der Waals surface area (Å²) in [6.07, 6.45) is 3.24. The van der Waals surface area contributed by atoms with Gasteiger partial charge in [-0.1, -0.05) is 50.8 Å². The van der Waals surface area contributed by atoms with Crippen LogP contribution >= 0.6 is 0 Å². The lowest BCUT2D eigenvalue weighted by Crippen LogP contribution is -2.53. The number of hydrogen-bond acceptors (Lipinski definition) is 6. The Kier molecular flexibility index (Phi) is 13.5. The highest BCUT2D eigenvalue weighted by Gasteiger charge is 2.38. The van der Waals surface area contributed by atoms with Crippen molar-refractivity contribution in [2.45, 2.75) is 97.8 Å². The summed E-state index contributed by atoms with van der Waals surface area (Å²) in [4.78, 5) is 54.8. The zero-order chi connectivity index (χ0) is 32.2. The maximum atomic E-state index is 14.3. The van der Waals surface area contributed by atoms with Crippen molar-refractivity contribution in [3.8, 4) is 5.75 Å². The molecule has 0 fully saturated rings. The van der Waals surface area contributed by atoms with E-state index in [1.165, 1.54) is 4.90 Å². The summed E-state index contributed by atoms with van der Waals surface area (Å²) in [6.45, 7) is 11.2. The molecule has 0 bridgehead atoms. The molecular formula is C33H48N4O6. The number of alkyl carbamates (subject to hydrolysis) is 1. The van der Waals surface area contributed by atoms with Crippen molar-refractivity contribution in [3.63, 3.8) is 0 Å². The molecule has 2 rings (SSSR count). The van der Waals surface area contributed by atoms with Crippen LogP contribution in [0.1, 0.15) is 89.0 Å². The van der Waals surface area contributed by atoms with Crippen molar-refractivity contribution in [1.82, 2.24) is 10.2 Å². The van der Waals surface area contributed by atoms with E-state index in [9.17, 15) is 19.2 Å². The SMILES string of the molecule is CCCCCCCN(C(=O)C(CC(N)=O)NC(=O)OC(C)(C)C)C(C(=O)Nc1ccc(OC)cc1)c1c(C)cccc1C. The fraction of sp³-hybridized carbons (Fsp3) is 0.515. The molecule has 0 saturated carbocycles. The topological polar surface area (TPSA) is 140 Å². The summed E-state index contributed by atoms with van der Waals surface area (Å²) in [5.74, 6) is -1.17. The van der Waals surface area contributed by atoms with E-state index in [0.29, 0.717) is 23.4 Å². The Balaban J connectivity index is 2.60. The molecule has 2 aromatic rings. The summed E-state index contributed by atoms with van der Waals surface area (Å²) in [6, 6.07) is 10.2. The van der Waals surface area contributed by atoms with Crippen LogP contribution in [-0.4, -0.2) is 54.0 Å². The van der Waals surface area contributed by atoms with Crippen molar-refractivity contribution in [2.75, 3.05) is 19.0 Å². The fourth-order valence-corrected chi connectivity index (χ4v) is 4.88. The average molecular weight is 597 g/mol. The lowest BCUT2D eigenvalue weighted by atomic mass is 9.93. The Hall–Kier alpha value is -4.08. The molecule has 2 atom stereocenters. The quantitative estimate of drug-likeness (QED) is 0.230. The fourth-order valence-electron chi connectivity index (χ4n) is 4.88. The van der Waals surface area contributed by atoms with Gasteiger partial charge in [0.2, 0.25) is 11.8 Å². The van der Waals surface area contributed by atoms with E-state index >= 15 is 0 Å². The summed E-state index contributed by atoms with van der Waals surface area (Å²) < 4.78 is 10.6. The molecule has 0 radical (unpaired) electrons. The van der Waals surface area contributed by atoms with Crippen LogP contribution < -0.4 is 21.1 Å². The second kappa shape index (κ2) is 16.5. The van der Waals surface area contributed by atoms with E-state index in [1.54, 1.807) is 52.1 Å². The van der Waals surface area contributed by atoms with E-state index in [0.717, 1.165) is 36.8 Å². The Morgan fingerprint density at radius 2 is 1.53 bits per heavy atom. The van der Waals surface area contributed by atoms with Gasteiger partial charge in [-0.3, -0.25) is 14.4 Å². The van der Waals surface area contributed by atoms with Gasteiger partial charge in [0.25, 0.3) is 5.91 Å². The molecule has 0 aromatic heterocycles. The molecule has 2 unspecified atom stereocenters. The molecule has 0 aliphatic rings. The molecule has 10 nitrogen and oxygen atoms in total. The standard InChI is InChI=1S/C33H48N4O6/c1-8-9-10-11-12-20-37(31(40)26(21-27(34)38)36-32(41)43-33(4,5)6)29(28-22(2)14-13-15-23(28)3)30(39)35-24-16-18-25(42-7)19-17-24/h13-19,26,29H,8-12,20-21H2,1-7H3,(H2,34,38)(H,35,39)(H,36,41). The lowest BCUT2D eigenvalue weighted by Gasteiger charge is -2.35. The average Bonchev–Trinajstić information content (AvgIpc) is 2.92. The van der Waals surface area contributed by atoms with Gasteiger partial charge in [-0.15, -0.1) is 0 Å². The number of nitrogens with one attached hydrogen (secondary N) is 2. The van der Waals surface area contributed by atoms with Gasteiger partial charge in [0.05, 0.1) is 13.5 Å². The molecule has 236 valence electrons. The van der Waals surface area contributed by atoms with Gasteiger partial charge in [0.15, 0.2) is 0 Å². The number of rotatable bonds is 15. The number of benzene rings is 2. The van der Waals surface area contributed by atoms with Crippen LogP contribution in [0.4, 0.5) is 10.5 Å². The summed E-state index contributed by atoms with van der Waals surface area (Å²) in [5.41, 5.74) is 7.53. The first-order chi connectivity index (χ1) is 20.3. The molecule has 4 N–H and O–H groups in total. The van der Waals surface area contributed by atoms with Crippen LogP contribution in [0.25, 0.3) is 0 Å². The predicted molar refractivity (Wildman–Crippen MR) is 168 cm³/mol. The molecule has 0 saturated heterocycles. The maximum Gasteiger partial charge on any atom is 0.408 e. The van der Waals surface area contributed by atoms with Crippen molar-refractivity contribution in [3.05, 3.63) is 59.2 Å². The lowest BCUT2D eigenvalue weighted by molar-refractivity contribution is -0.142. The van der Waals surface area contributed by atoms with Crippen LogP contribution in [0.5, 0.6) is 5.75 Å². The molecule has 43 heavy (non-hydrogen) atoms. The molecule has 10 heteroatoms. The molecule has 4 amide bonds. The third kappa shape index (κ3) is 11.3. The Morgan fingerprint density at radius 3 is 2.07 bits per heavy atom. The van der Waals surface area contributed by atoms with Crippen molar-refractivity contribution in [1.29, 1.82) is 0 Å². The minimum absolute atomic E-state index is 0.224. The molecular weight excluding hydrogens is 548 g/mol. The zero-order valence-electron chi connectivity index (χ0n) is 26.6. The van der Waals surface area contributed by atoms with Crippen LogP contribution in [0, 0.1) is 13.8 Å². The number of nitrogens with two attached hydrogens (primary N) is 1. The van der Waals surface area contributed by atoms with Crippen LogP contribution in [0.2, 0.25) is 0 Å². The first kappa shape index (κ1) is 35.1. The number of carbonyl (C=O) groups is 4. The Morgan fingerprint density at radius 1 is 0.930 bits per heavy atom. The normalized spacial score (nSPS) is 12.5. The number of ether oxygens (including phenoxy) is 2. The third-order valence-electron chi connectivity index (χ3n) is 6.91. The number of amides is 4. The van der Waals surface area contributed by atoms with E-state index in [1.807, 2.05) is 32.0 Å². The van der Waals surface area contributed by atoms with Gasteiger partial charge < -0.3 is 30.7 Å². The van der Waals surface area contributed by atoms with Crippen molar-refractivity contribution < 1.29 is 28.7 Å². The first-order valence-electron chi connectivity index (χ1n) is 14.9. The van der Waals surface area contributed by atoms with Gasteiger partial charge in [0.1, 0.15) is 23.4 Å². The second-order valence-corrected chi connectivity index (χ2v) is 11.7. The van der Waals surface area contributed by atoms with Gasteiger partial charge in [-0.2, -0.15) is 0 Å². The van der Waals surface area contributed by atoms with Crippen molar-refractivity contribution >= 4 is 29.5 Å². The largest absolute Gasteiger partial charge is 0.497 e. The first-order valence-corrected chi connectivity index (χ1v) is 14.9. The highest BCUT2D eigenvalue weighted by atomic mass is 16.6. The van der Waals surface area contributed by atoms with Gasteiger partial charge >= 0.3 is 6.09 Å². The van der Waals surface area contributed by atoms with E-state index in [4.69, 9.17) is 15.2 Å². The molecule has 0 aliphatic carbocycles. The molecule has 0 spiro atoms. The number of unbranched alkanes of at least 4 members (excludes halogenated alkanes) is 4. The molecule has 2 aromatic carbocycles. The summed E-state index contributed by atoms with van der Waals surface area (Å²) in [7, 11) is 1.56. The van der Waals surface area contributed by atoms with E-state index in [-0.39, 0.29) is 6.54 Å². The van der Waals surface area contributed by atoms with Crippen molar-refractivity contribution in [2.24, 2.45) is 5.73 Å². The van der Waals surface area contributed by atoms with Crippen LogP contribution in [0.15, 0.2) is 42.5 Å². The maximum absolute atomic E-state index is 14.3. The second-order valence-electron chi connectivity index (χ2n) is 11.7. The predicted octanol–water partition coefficient (Wildman–Crippen LogP) is 5.56. The number of nitrogens with zero attached hydrogens (tertiary/aromatic N) is 1. The number of carbonyl (C=O) groups excluding carboxylic acids is 4. The van der Waals surface area contributed by atoms with Gasteiger partial charge in [-0.05, 0) is 82.0 Å². The van der Waals surface area contributed by atoms with E-state index in [2.05, 4.69) is 17.6 Å². The Bertz CT molecular complexity index is 1220. The highest BCUT2D eigenvalue weighted by molar-refractivity contribution is 6.00. The zero-order valence-corrected chi connectivity index (χ0v) is 26.6. The smallest absolute Gasteiger partial charge is 0.408 e. The highest BCUT2D eigenvalue weighted by Crippen LogP contribution is 2.31. The number of primary amides is 1. The van der Waals surface area contributed by atoms with Gasteiger partial charge in [0, 0.05) is 12.2 Å². The minimum atomic E-state index is -1.33. The number of anilines is 1. The minimum Gasteiger partial charge on any atom is -0.497 e. The van der Waals surface area contributed by atoms with Crippen LogP contribution in [0.3, 0.4) is 0 Å².